The van der Waals surface area contributed by atoms with Crippen LogP contribution in [-0.2, 0) is 0 Å². The first-order valence-corrected chi connectivity index (χ1v) is 8.58. The van der Waals surface area contributed by atoms with Gasteiger partial charge in [-0.25, -0.2) is 5.43 Å². The molecule has 0 aliphatic rings. The Kier molecular flexibility index (Phi) is 6.47. The zero-order valence-electron chi connectivity index (χ0n) is 11.7. The molecule has 120 valence electrons. The normalized spacial score (nSPS) is 10.8. The first-order valence-electron chi connectivity index (χ1n) is 6.24. The summed E-state index contributed by atoms with van der Waals surface area (Å²) >= 11 is 18.5. The molecule has 0 unspecified atom stereocenters. The van der Waals surface area contributed by atoms with Crippen molar-refractivity contribution in [3.63, 3.8) is 0 Å². The van der Waals surface area contributed by atoms with Crippen LogP contribution in [0.15, 0.2) is 44.4 Å². The van der Waals surface area contributed by atoms with Gasteiger partial charge in [-0.3, -0.25) is 4.79 Å². The van der Waals surface area contributed by atoms with E-state index < -0.39 is 0 Å². The van der Waals surface area contributed by atoms with Crippen LogP contribution in [0.3, 0.4) is 0 Å². The highest BCUT2D eigenvalue weighted by Crippen LogP contribution is 2.33. The van der Waals surface area contributed by atoms with E-state index in [0.717, 1.165) is 14.5 Å². The Morgan fingerprint density at radius 2 is 1.83 bits per heavy atom. The summed E-state index contributed by atoms with van der Waals surface area (Å²) in [7, 11) is 1.58. The predicted molar refractivity (Wildman–Crippen MR) is 99.9 cm³/mol. The van der Waals surface area contributed by atoms with E-state index in [4.69, 9.17) is 27.9 Å². The van der Waals surface area contributed by atoms with Gasteiger partial charge in [0, 0.05) is 5.56 Å². The molecule has 2 aromatic rings. The van der Waals surface area contributed by atoms with Gasteiger partial charge in [0.2, 0.25) is 0 Å². The first-order chi connectivity index (χ1) is 10.9. The Hall–Kier alpha value is -1.08. The zero-order chi connectivity index (χ0) is 17.0. The number of nitrogens with zero attached hydrogens (tertiary/aromatic N) is 1. The minimum atomic E-state index is -0.383. The van der Waals surface area contributed by atoms with Crippen LogP contribution >= 0.6 is 55.1 Å². The molecule has 8 heteroatoms. The first kappa shape index (κ1) is 18.3. The standard InChI is InChI=1S/C15H10Br2Cl2N2O2/c1-23-14-10(16)4-8(5-11(14)17)7-20-21-15(22)9-2-3-12(18)13(19)6-9/h2-7H,1H3,(H,21,22)/b20-7-. The summed E-state index contributed by atoms with van der Waals surface area (Å²) in [5, 5.41) is 4.62. The maximum absolute atomic E-state index is 12.0. The number of hydrogen-bond donors (Lipinski definition) is 1. The molecule has 2 rings (SSSR count). The van der Waals surface area contributed by atoms with Crippen molar-refractivity contribution in [1.82, 2.24) is 5.43 Å². The van der Waals surface area contributed by atoms with E-state index in [-0.39, 0.29) is 5.91 Å². The van der Waals surface area contributed by atoms with Gasteiger partial charge in [0.05, 0.1) is 32.3 Å². The highest BCUT2D eigenvalue weighted by atomic mass is 79.9. The van der Waals surface area contributed by atoms with Crippen LogP contribution in [0, 0.1) is 0 Å². The van der Waals surface area contributed by atoms with Crippen molar-refractivity contribution in [3.05, 3.63) is 60.4 Å². The van der Waals surface area contributed by atoms with Gasteiger partial charge in [-0.2, -0.15) is 5.10 Å². The van der Waals surface area contributed by atoms with Gasteiger partial charge in [0.25, 0.3) is 5.91 Å². The Balaban J connectivity index is 2.09. The van der Waals surface area contributed by atoms with Crippen LogP contribution in [0.1, 0.15) is 15.9 Å². The molecule has 0 saturated heterocycles. The number of hydrogen-bond acceptors (Lipinski definition) is 3. The lowest BCUT2D eigenvalue weighted by Crippen LogP contribution is -2.17. The molecular formula is C15H10Br2Cl2N2O2. The average Bonchev–Trinajstić information content (AvgIpc) is 2.49. The Labute approximate surface area is 160 Å². The van der Waals surface area contributed by atoms with Crippen molar-refractivity contribution in [2.45, 2.75) is 0 Å². The summed E-state index contributed by atoms with van der Waals surface area (Å²) in [4.78, 5) is 12.0. The van der Waals surface area contributed by atoms with E-state index >= 15 is 0 Å². The summed E-state index contributed by atoms with van der Waals surface area (Å²) in [5.41, 5.74) is 3.57. The molecule has 0 saturated carbocycles. The van der Waals surface area contributed by atoms with Crippen molar-refractivity contribution in [1.29, 1.82) is 0 Å². The number of halogens is 4. The van der Waals surface area contributed by atoms with Crippen molar-refractivity contribution >= 4 is 67.2 Å². The molecule has 4 nitrogen and oxygen atoms in total. The molecule has 23 heavy (non-hydrogen) atoms. The lowest BCUT2D eigenvalue weighted by Gasteiger charge is -2.07. The van der Waals surface area contributed by atoms with E-state index in [9.17, 15) is 4.79 Å². The quantitative estimate of drug-likeness (QED) is 0.477. The van der Waals surface area contributed by atoms with Gasteiger partial charge in [-0.1, -0.05) is 23.2 Å². The summed E-state index contributed by atoms with van der Waals surface area (Å²) in [6, 6.07) is 8.24. The Morgan fingerprint density at radius 1 is 1.17 bits per heavy atom. The molecule has 1 amide bonds. The van der Waals surface area contributed by atoms with Crippen LogP contribution < -0.4 is 10.2 Å². The minimum Gasteiger partial charge on any atom is -0.494 e. The van der Waals surface area contributed by atoms with Gasteiger partial charge in [-0.05, 0) is 67.8 Å². The lowest BCUT2D eigenvalue weighted by atomic mass is 10.2. The van der Waals surface area contributed by atoms with Crippen molar-refractivity contribution in [2.24, 2.45) is 5.10 Å². The molecule has 0 atom stereocenters. The molecule has 0 radical (unpaired) electrons. The lowest BCUT2D eigenvalue weighted by molar-refractivity contribution is 0.0955. The van der Waals surface area contributed by atoms with Gasteiger partial charge in [-0.15, -0.1) is 0 Å². The van der Waals surface area contributed by atoms with E-state index in [1.807, 2.05) is 12.1 Å². The maximum Gasteiger partial charge on any atom is 0.271 e. The third kappa shape index (κ3) is 4.70. The fourth-order valence-corrected chi connectivity index (χ4v) is 3.56. The molecule has 0 aromatic heterocycles. The van der Waals surface area contributed by atoms with Crippen molar-refractivity contribution in [2.75, 3.05) is 7.11 Å². The number of ether oxygens (including phenoxy) is 1. The van der Waals surface area contributed by atoms with Crippen LogP contribution in [0.2, 0.25) is 10.0 Å². The second-order valence-electron chi connectivity index (χ2n) is 4.35. The fraction of sp³-hybridized carbons (Fsp3) is 0.0667. The summed E-state index contributed by atoms with van der Waals surface area (Å²) in [5.74, 6) is 0.299. The van der Waals surface area contributed by atoms with Gasteiger partial charge >= 0.3 is 0 Å². The summed E-state index contributed by atoms with van der Waals surface area (Å²) in [6.45, 7) is 0. The van der Waals surface area contributed by atoms with E-state index in [1.54, 1.807) is 19.2 Å². The SMILES string of the molecule is COc1c(Br)cc(/C=N\NC(=O)c2ccc(Cl)c(Cl)c2)cc1Br. The van der Waals surface area contributed by atoms with Crippen molar-refractivity contribution in [3.8, 4) is 5.75 Å². The highest BCUT2D eigenvalue weighted by molar-refractivity contribution is 9.11. The van der Waals surface area contributed by atoms with Crippen LogP contribution in [0.4, 0.5) is 0 Å². The third-order valence-electron chi connectivity index (χ3n) is 2.79. The fourth-order valence-electron chi connectivity index (χ4n) is 1.72. The molecule has 0 fully saturated rings. The van der Waals surface area contributed by atoms with Crippen LogP contribution in [0.5, 0.6) is 5.75 Å². The summed E-state index contributed by atoms with van der Waals surface area (Å²) in [6.07, 6.45) is 1.52. The smallest absolute Gasteiger partial charge is 0.271 e. The van der Waals surface area contributed by atoms with E-state index in [1.165, 1.54) is 12.3 Å². The zero-order valence-corrected chi connectivity index (χ0v) is 16.4. The topological polar surface area (TPSA) is 50.7 Å². The molecular weight excluding hydrogens is 471 g/mol. The average molecular weight is 481 g/mol. The molecule has 0 spiro atoms. The van der Waals surface area contributed by atoms with E-state index in [0.29, 0.717) is 21.4 Å². The van der Waals surface area contributed by atoms with Crippen molar-refractivity contribution < 1.29 is 9.53 Å². The predicted octanol–water partition coefficient (Wildman–Crippen LogP) is 5.29. The molecule has 0 aliphatic heterocycles. The summed E-state index contributed by atoms with van der Waals surface area (Å²) < 4.78 is 6.76. The number of amides is 1. The second-order valence-corrected chi connectivity index (χ2v) is 6.87. The third-order valence-corrected chi connectivity index (χ3v) is 4.70. The number of nitrogens with one attached hydrogen (secondary N) is 1. The number of carbonyl (C=O) groups excluding carboxylic acids is 1. The Bertz CT molecular complexity index is 759. The minimum absolute atomic E-state index is 0.311. The number of carbonyl (C=O) groups is 1. The monoisotopic (exact) mass is 478 g/mol. The Morgan fingerprint density at radius 3 is 2.39 bits per heavy atom. The van der Waals surface area contributed by atoms with Crippen LogP contribution in [0.25, 0.3) is 0 Å². The largest absolute Gasteiger partial charge is 0.494 e. The molecule has 0 bridgehead atoms. The second kappa shape index (κ2) is 8.15. The molecule has 0 heterocycles. The molecule has 1 N–H and O–H groups in total. The number of hydrazone groups is 1. The van der Waals surface area contributed by atoms with Gasteiger partial charge in [0.15, 0.2) is 0 Å². The van der Waals surface area contributed by atoms with E-state index in [2.05, 4.69) is 42.4 Å². The van der Waals surface area contributed by atoms with Gasteiger partial charge < -0.3 is 4.74 Å². The maximum atomic E-state index is 12.0. The number of methoxy groups -OCH3 is 1. The number of rotatable bonds is 4. The number of benzene rings is 2. The highest BCUT2D eigenvalue weighted by Gasteiger charge is 2.08. The molecule has 0 aliphatic carbocycles. The molecule has 2 aromatic carbocycles. The van der Waals surface area contributed by atoms with Gasteiger partial charge in [0.1, 0.15) is 5.75 Å². The van der Waals surface area contributed by atoms with Crippen LogP contribution in [-0.4, -0.2) is 19.2 Å².